The molecule has 0 spiro atoms. The van der Waals surface area contributed by atoms with Crippen LogP contribution in [0.5, 0.6) is 5.75 Å². The van der Waals surface area contributed by atoms with Gasteiger partial charge >= 0.3 is 5.97 Å². The molecule has 1 aromatic carbocycles. The van der Waals surface area contributed by atoms with E-state index in [1.54, 1.807) is 12.1 Å². The van der Waals surface area contributed by atoms with Crippen LogP contribution in [0.1, 0.15) is 102 Å². The quantitative estimate of drug-likeness (QED) is 0.180. The minimum Gasteiger partial charge on any atom is -0.427 e. The van der Waals surface area contributed by atoms with E-state index < -0.39 is 0 Å². The van der Waals surface area contributed by atoms with Crippen molar-refractivity contribution in [2.24, 2.45) is 5.73 Å². The van der Waals surface area contributed by atoms with Crippen LogP contribution >= 0.6 is 0 Å². The number of benzene rings is 1. The number of ether oxygens (including phenoxy) is 1. The normalized spacial score (nSPS) is 12.1. The van der Waals surface area contributed by atoms with Crippen molar-refractivity contribution in [3.63, 3.8) is 0 Å². The van der Waals surface area contributed by atoms with Gasteiger partial charge in [0.2, 0.25) is 0 Å². The predicted molar refractivity (Wildman–Crippen MR) is 121 cm³/mol. The molecule has 0 aliphatic carbocycles. The second kappa shape index (κ2) is 17.5. The lowest BCUT2D eigenvalue weighted by Crippen LogP contribution is -2.26. The Morgan fingerprint density at radius 1 is 0.862 bits per heavy atom. The first kappa shape index (κ1) is 25.6. The Morgan fingerprint density at radius 2 is 1.34 bits per heavy atom. The number of unbranched alkanes of at least 4 members (excludes halogenated alkanes) is 12. The van der Waals surface area contributed by atoms with E-state index in [1.165, 1.54) is 70.6 Å². The van der Waals surface area contributed by atoms with Gasteiger partial charge in [-0.1, -0.05) is 96.1 Å². The first-order valence-corrected chi connectivity index (χ1v) is 11.8. The van der Waals surface area contributed by atoms with Gasteiger partial charge in [-0.05, 0) is 30.5 Å². The second-order valence-corrected chi connectivity index (χ2v) is 8.26. The molecule has 0 saturated heterocycles. The third-order valence-corrected chi connectivity index (χ3v) is 5.37. The number of aliphatic hydroxyl groups is 1. The Morgan fingerprint density at radius 3 is 1.83 bits per heavy atom. The summed E-state index contributed by atoms with van der Waals surface area (Å²) in [4.78, 5) is 11.9. The fourth-order valence-electron chi connectivity index (χ4n) is 3.53. The van der Waals surface area contributed by atoms with Crippen LogP contribution in [0.25, 0.3) is 0 Å². The zero-order valence-electron chi connectivity index (χ0n) is 18.5. The number of nitrogens with two attached hydrogens (primary N) is 1. The van der Waals surface area contributed by atoms with Crippen LogP contribution in [0.2, 0.25) is 0 Å². The Balaban J connectivity index is 1.96. The van der Waals surface area contributed by atoms with Gasteiger partial charge in [0.15, 0.2) is 0 Å². The monoisotopic (exact) mass is 405 g/mol. The topological polar surface area (TPSA) is 72.5 Å². The Hall–Kier alpha value is -1.39. The molecule has 0 heterocycles. The average Bonchev–Trinajstić information content (AvgIpc) is 2.72. The number of hydrogen-bond acceptors (Lipinski definition) is 4. The van der Waals surface area contributed by atoms with Crippen molar-refractivity contribution >= 4 is 5.97 Å². The van der Waals surface area contributed by atoms with Crippen molar-refractivity contribution in [2.75, 3.05) is 6.61 Å². The van der Waals surface area contributed by atoms with E-state index in [-0.39, 0.29) is 18.6 Å². The molecule has 4 heteroatoms. The number of carbonyl (C=O) groups is 1. The first-order valence-electron chi connectivity index (χ1n) is 11.8. The third kappa shape index (κ3) is 14.3. The van der Waals surface area contributed by atoms with Gasteiger partial charge in [0.25, 0.3) is 0 Å². The van der Waals surface area contributed by atoms with E-state index >= 15 is 0 Å². The van der Waals surface area contributed by atoms with Gasteiger partial charge in [-0.25, -0.2) is 0 Å². The highest BCUT2D eigenvalue weighted by atomic mass is 16.5. The fraction of sp³-hybridized carbons (Fsp3) is 0.720. The van der Waals surface area contributed by atoms with Crippen LogP contribution in [0.15, 0.2) is 24.3 Å². The van der Waals surface area contributed by atoms with E-state index in [0.29, 0.717) is 18.6 Å². The number of hydrogen-bond donors (Lipinski definition) is 2. The van der Waals surface area contributed by atoms with E-state index in [4.69, 9.17) is 15.6 Å². The van der Waals surface area contributed by atoms with E-state index in [2.05, 4.69) is 6.92 Å². The summed E-state index contributed by atoms with van der Waals surface area (Å²) < 4.78 is 5.39. The van der Waals surface area contributed by atoms with Crippen LogP contribution in [0.3, 0.4) is 0 Å². The summed E-state index contributed by atoms with van der Waals surface area (Å²) in [7, 11) is 0. The van der Waals surface area contributed by atoms with Crippen molar-refractivity contribution in [2.45, 2.75) is 109 Å². The number of esters is 1. The van der Waals surface area contributed by atoms with Gasteiger partial charge in [0, 0.05) is 12.5 Å². The molecule has 0 unspecified atom stereocenters. The molecule has 3 N–H and O–H groups in total. The SMILES string of the molecule is CCCCCCCCCCCCCCCC(=O)Oc1ccc(C[C@H](N)CO)cc1. The molecule has 0 aromatic heterocycles. The Kier molecular flexibility index (Phi) is 15.4. The summed E-state index contributed by atoms with van der Waals surface area (Å²) in [6.07, 6.45) is 18.0. The number of aliphatic hydroxyl groups excluding tert-OH is 1. The van der Waals surface area contributed by atoms with Crippen molar-refractivity contribution in [1.82, 2.24) is 0 Å². The molecule has 0 radical (unpaired) electrons. The summed E-state index contributed by atoms with van der Waals surface area (Å²) in [5, 5.41) is 8.99. The molecule has 29 heavy (non-hydrogen) atoms. The van der Waals surface area contributed by atoms with Crippen LogP contribution in [0.4, 0.5) is 0 Å². The third-order valence-electron chi connectivity index (χ3n) is 5.37. The minimum atomic E-state index is -0.251. The van der Waals surface area contributed by atoms with Crippen LogP contribution in [-0.2, 0) is 11.2 Å². The predicted octanol–water partition coefficient (Wildman–Crippen LogP) is 5.94. The lowest BCUT2D eigenvalue weighted by Gasteiger charge is -2.09. The van der Waals surface area contributed by atoms with E-state index in [0.717, 1.165) is 18.4 Å². The highest BCUT2D eigenvalue weighted by Gasteiger charge is 2.06. The summed E-state index contributed by atoms with van der Waals surface area (Å²) >= 11 is 0. The molecule has 0 saturated carbocycles. The maximum Gasteiger partial charge on any atom is 0.311 e. The van der Waals surface area contributed by atoms with Crippen molar-refractivity contribution in [3.05, 3.63) is 29.8 Å². The standard InChI is InChI=1S/C25H43NO3/c1-2-3-4-5-6-7-8-9-10-11-12-13-14-15-25(28)29-24-18-16-22(17-19-24)20-23(26)21-27/h16-19,23,27H,2-15,20-21,26H2,1H3/t23-/m0/s1. The lowest BCUT2D eigenvalue weighted by atomic mass is 10.0. The van der Waals surface area contributed by atoms with Crippen LogP contribution in [0, 0.1) is 0 Å². The summed E-state index contributed by atoms with van der Waals surface area (Å²) in [5.74, 6) is 0.416. The molecular formula is C25H43NO3. The minimum absolute atomic E-state index is 0.0319. The van der Waals surface area contributed by atoms with E-state index in [1.807, 2.05) is 12.1 Å². The summed E-state index contributed by atoms with van der Waals surface area (Å²) in [6.45, 7) is 2.23. The van der Waals surface area contributed by atoms with Crippen molar-refractivity contribution < 1.29 is 14.6 Å². The Bertz CT molecular complexity index is 515. The Labute approximate surface area is 178 Å². The second-order valence-electron chi connectivity index (χ2n) is 8.26. The molecule has 0 aliphatic rings. The first-order chi connectivity index (χ1) is 14.2. The van der Waals surface area contributed by atoms with Gasteiger partial charge in [-0.2, -0.15) is 0 Å². The molecule has 0 bridgehead atoms. The van der Waals surface area contributed by atoms with Crippen molar-refractivity contribution in [3.8, 4) is 5.75 Å². The molecule has 4 nitrogen and oxygen atoms in total. The molecule has 1 atom stereocenters. The number of rotatable bonds is 18. The van der Waals surface area contributed by atoms with Crippen molar-refractivity contribution in [1.29, 1.82) is 0 Å². The lowest BCUT2D eigenvalue weighted by molar-refractivity contribution is -0.134. The largest absolute Gasteiger partial charge is 0.427 e. The molecule has 166 valence electrons. The maximum atomic E-state index is 11.9. The maximum absolute atomic E-state index is 11.9. The van der Waals surface area contributed by atoms with Crippen LogP contribution < -0.4 is 10.5 Å². The average molecular weight is 406 g/mol. The van der Waals surface area contributed by atoms with E-state index in [9.17, 15) is 4.79 Å². The molecular weight excluding hydrogens is 362 g/mol. The highest BCUT2D eigenvalue weighted by Crippen LogP contribution is 2.16. The van der Waals surface area contributed by atoms with Gasteiger partial charge in [0.05, 0.1) is 6.61 Å². The van der Waals surface area contributed by atoms with Crippen LogP contribution in [-0.4, -0.2) is 23.7 Å². The molecule has 0 fully saturated rings. The smallest absolute Gasteiger partial charge is 0.311 e. The molecule has 1 rings (SSSR count). The molecule has 0 aliphatic heterocycles. The zero-order valence-corrected chi connectivity index (χ0v) is 18.5. The zero-order chi connectivity index (χ0) is 21.2. The highest BCUT2D eigenvalue weighted by molar-refractivity contribution is 5.72. The number of carbonyl (C=O) groups excluding carboxylic acids is 1. The fourth-order valence-corrected chi connectivity index (χ4v) is 3.53. The summed E-state index contributed by atoms with van der Waals surface area (Å²) in [6, 6.07) is 7.12. The van der Waals surface area contributed by atoms with Gasteiger partial charge < -0.3 is 15.6 Å². The van der Waals surface area contributed by atoms with Gasteiger partial charge in [0.1, 0.15) is 5.75 Å². The molecule has 0 amide bonds. The van der Waals surface area contributed by atoms with Gasteiger partial charge in [-0.3, -0.25) is 4.79 Å². The molecule has 1 aromatic rings. The van der Waals surface area contributed by atoms with Gasteiger partial charge in [-0.15, -0.1) is 0 Å². The summed E-state index contributed by atoms with van der Waals surface area (Å²) in [5.41, 5.74) is 6.76.